The van der Waals surface area contributed by atoms with E-state index in [2.05, 4.69) is 10.2 Å². The van der Waals surface area contributed by atoms with Gasteiger partial charge in [0, 0.05) is 26.2 Å². The molecule has 1 aliphatic carbocycles. The molecule has 0 unspecified atom stereocenters. The van der Waals surface area contributed by atoms with Crippen LogP contribution in [0.4, 0.5) is 0 Å². The Kier molecular flexibility index (Phi) is 3.23. The van der Waals surface area contributed by atoms with Crippen molar-refractivity contribution in [1.82, 2.24) is 10.2 Å². The molecule has 13 heavy (non-hydrogen) atoms. The summed E-state index contributed by atoms with van der Waals surface area (Å²) in [6, 6.07) is 0. The van der Waals surface area contributed by atoms with Gasteiger partial charge in [-0.15, -0.1) is 0 Å². The van der Waals surface area contributed by atoms with Gasteiger partial charge < -0.3 is 10.2 Å². The minimum Gasteiger partial charge on any atom is -0.318 e. The molecular weight excluding hydrogens is 160 g/mol. The highest BCUT2D eigenvalue weighted by atomic mass is 15.1. The second-order valence-electron chi connectivity index (χ2n) is 4.75. The summed E-state index contributed by atoms with van der Waals surface area (Å²) in [5.41, 5.74) is 0. The fraction of sp³-hybridized carbons (Fsp3) is 1.00. The molecule has 0 radical (unpaired) electrons. The number of fused-ring (bicyclic) bond motifs is 4. The van der Waals surface area contributed by atoms with Crippen molar-refractivity contribution in [3.05, 3.63) is 0 Å². The number of rotatable bonds is 3. The van der Waals surface area contributed by atoms with Crippen molar-refractivity contribution in [2.75, 3.05) is 33.2 Å². The Morgan fingerprint density at radius 3 is 2.08 bits per heavy atom. The third-order valence-corrected chi connectivity index (χ3v) is 3.68. The van der Waals surface area contributed by atoms with E-state index in [1.807, 2.05) is 7.05 Å². The van der Waals surface area contributed by atoms with E-state index >= 15 is 0 Å². The number of nitrogens with one attached hydrogen (secondary N) is 1. The predicted molar refractivity (Wildman–Crippen MR) is 55.8 cm³/mol. The first-order valence-corrected chi connectivity index (χ1v) is 5.75. The molecule has 3 aliphatic rings. The van der Waals surface area contributed by atoms with Gasteiger partial charge in [0.1, 0.15) is 0 Å². The molecule has 0 amide bonds. The standard InChI is InChI=1S/C11H22N2/c1-12-6-7-13-8-10-2-3-11(9-13)5-4-10/h10-12H,2-9H2,1H3. The SMILES string of the molecule is CNCCN1CC2CCC(CC2)C1. The second-order valence-corrected chi connectivity index (χ2v) is 4.75. The molecule has 76 valence electrons. The molecule has 0 aromatic carbocycles. The van der Waals surface area contributed by atoms with Crippen LogP contribution < -0.4 is 5.32 Å². The van der Waals surface area contributed by atoms with Crippen molar-refractivity contribution >= 4 is 0 Å². The third kappa shape index (κ3) is 2.44. The van der Waals surface area contributed by atoms with Gasteiger partial charge in [0.15, 0.2) is 0 Å². The fourth-order valence-electron chi connectivity index (χ4n) is 2.85. The molecule has 1 N–H and O–H groups in total. The first kappa shape index (κ1) is 9.47. The predicted octanol–water partition coefficient (Wildman–Crippen LogP) is 1.33. The topological polar surface area (TPSA) is 15.3 Å². The smallest absolute Gasteiger partial charge is 0.0107 e. The van der Waals surface area contributed by atoms with E-state index in [4.69, 9.17) is 0 Å². The van der Waals surface area contributed by atoms with E-state index in [0.29, 0.717) is 0 Å². The van der Waals surface area contributed by atoms with Crippen LogP contribution in [0, 0.1) is 11.8 Å². The summed E-state index contributed by atoms with van der Waals surface area (Å²) in [5.74, 6) is 2.05. The molecule has 2 bridgehead atoms. The summed E-state index contributed by atoms with van der Waals surface area (Å²) in [7, 11) is 2.05. The van der Waals surface area contributed by atoms with Gasteiger partial charge in [-0.3, -0.25) is 0 Å². The summed E-state index contributed by atoms with van der Waals surface area (Å²) in [4.78, 5) is 2.67. The highest BCUT2D eigenvalue weighted by Crippen LogP contribution is 2.33. The average Bonchev–Trinajstić information content (AvgIpc) is 2.46. The molecule has 2 nitrogen and oxygen atoms in total. The van der Waals surface area contributed by atoms with Crippen LogP contribution in [0.15, 0.2) is 0 Å². The fourth-order valence-corrected chi connectivity index (χ4v) is 2.85. The number of nitrogens with zero attached hydrogens (tertiary/aromatic N) is 1. The number of likely N-dealkylation sites (N-methyl/N-ethyl adjacent to an activating group) is 1. The van der Waals surface area contributed by atoms with Crippen LogP contribution in [-0.4, -0.2) is 38.1 Å². The number of hydrogen-bond donors (Lipinski definition) is 1. The zero-order chi connectivity index (χ0) is 9.10. The summed E-state index contributed by atoms with van der Waals surface area (Å²) < 4.78 is 0. The Balaban J connectivity index is 1.84. The third-order valence-electron chi connectivity index (χ3n) is 3.68. The van der Waals surface area contributed by atoms with Crippen LogP contribution in [0.2, 0.25) is 0 Å². The maximum Gasteiger partial charge on any atom is 0.0107 e. The summed E-state index contributed by atoms with van der Waals surface area (Å²) in [6.45, 7) is 5.15. The first-order valence-electron chi connectivity index (χ1n) is 5.75. The molecule has 0 aromatic heterocycles. The van der Waals surface area contributed by atoms with Crippen LogP contribution in [-0.2, 0) is 0 Å². The molecule has 0 aromatic rings. The minimum atomic E-state index is 1.02. The molecule has 2 heterocycles. The minimum absolute atomic E-state index is 1.02. The molecule has 2 saturated heterocycles. The van der Waals surface area contributed by atoms with Gasteiger partial charge in [0.05, 0.1) is 0 Å². The average molecular weight is 182 g/mol. The van der Waals surface area contributed by atoms with Crippen molar-refractivity contribution in [3.63, 3.8) is 0 Å². The van der Waals surface area contributed by atoms with Crippen molar-refractivity contribution < 1.29 is 0 Å². The van der Waals surface area contributed by atoms with Crippen molar-refractivity contribution in [2.45, 2.75) is 25.7 Å². The normalized spacial score (nSPS) is 34.8. The van der Waals surface area contributed by atoms with Gasteiger partial charge in [-0.1, -0.05) is 0 Å². The highest BCUT2D eigenvalue weighted by molar-refractivity contribution is 4.82. The zero-order valence-corrected chi connectivity index (χ0v) is 8.76. The Hall–Kier alpha value is -0.0800. The lowest BCUT2D eigenvalue weighted by Gasteiger charge is -2.21. The summed E-state index contributed by atoms with van der Waals surface area (Å²) in [6.07, 6.45) is 6.00. The Labute approximate surface area is 81.7 Å². The second kappa shape index (κ2) is 4.43. The Morgan fingerprint density at radius 2 is 1.62 bits per heavy atom. The lowest BCUT2D eigenvalue weighted by molar-refractivity contribution is 0.254. The molecule has 2 heteroatoms. The van der Waals surface area contributed by atoms with E-state index in [-0.39, 0.29) is 0 Å². The van der Waals surface area contributed by atoms with Crippen molar-refractivity contribution in [2.24, 2.45) is 11.8 Å². The number of hydrogen-bond acceptors (Lipinski definition) is 2. The molecule has 0 spiro atoms. The van der Waals surface area contributed by atoms with Gasteiger partial charge in [-0.25, -0.2) is 0 Å². The van der Waals surface area contributed by atoms with Crippen LogP contribution in [0.1, 0.15) is 25.7 Å². The van der Waals surface area contributed by atoms with E-state index in [1.54, 1.807) is 0 Å². The van der Waals surface area contributed by atoms with Crippen LogP contribution in [0.3, 0.4) is 0 Å². The highest BCUT2D eigenvalue weighted by Gasteiger charge is 2.28. The van der Waals surface area contributed by atoms with Crippen LogP contribution in [0.25, 0.3) is 0 Å². The zero-order valence-electron chi connectivity index (χ0n) is 8.76. The molecule has 1 saturated carbocycles. The van der Waals surface area contributed by atoms with Crippen molar-refractivity contribution in [1.29, 1.82) is 0 Å². The van der Waals surface area contributed by atoms with Gasteiger partial charge in [0.25, 0.3) is 0 Å². The first-order chi connectivity index (χ1) is 6.38. The summed E-state index contributed by atoms with van der Waals surface area (Å²) in [5, 5.41) is 3.24. The lowest BCUT2D eigenvalue weighted by Crippen LogP contribution is -2.34. The van der Waals surface area contributed by atoms with Crippen LogP contribution >= 0.6 is 0 Å². The van der Waals surface area contributed by atoms with Gasteiger partial charge >= 0.3 is 0 Å². The van der Waals surface area contributed by atoms with Crippen LogP contribution in [0.5, 0.6) is 0 Å². The lowest BCUT2D eigenvalue weighted by atomic mass is 9.84. The molecule has 3 fully saturated rings. The largest absolute Gasteiger partial charge is 0.318 e. The van der Waals surface area contributed by atoms with Crippen molar-refractivity contribution in [3.8, 4) is 0 Å². The van der Waals surface area contributed by atoms with Gasteiger partial charge in [-0.05, 0) is 44.6 Å². The molecular formula is C11H22N2. The summed E-state index contributed by atoms with van der Waals surface area (Å²) >= 11 is 0. The molecule has 3 rings (SSSR count). The van der Waals surface area contributed by atoms with E-state index in [9.17, 15) is 0 Å². The Bertz CT molecular complexity index is 136. The molecule has 2 aliphatic heterocycles. The van der Waals surface area contributed by atoms with E-state index < -0.39 is 0 Å². The Morgan fingerprint density at radius 1 is 1.08 bits per heavy atom. The van der Waals surface area contributed by atoms with Gasteiger partial charge in [-0.2, -0.15) is 0 Å². The van der Waals surface area contributed by atoms with Gasteiger partial charge in [0.2, 0.25) is 0 Å². The van der Waals surface area contributed by atoms with E-state index in [1.165, 1.54) is 45.3 Å². The monoisotopic (exact) mass is 182 g/mol. The molecule has 0 atom stereocenters. The van der Waals surface area contributed by atoms with E-state index in [0.717, 1.165) is 18.4 Å². The maximum atomic E-state index is 3.24. The maximum absolute atomic E-state index is 3.24. The quantitative estimate of drug-likeness (QED) is 0.708.